The molecule has 2 amide bonds. The van der Waals surface area contributed by atoms with Gasteiger partial charge in [0.1, 0.15) is 5.92 Å². The fourth-order valence-corrected chi connectivity index (χ4v) is 3.11. The van der Waals surface area contributed by atoms with E-state index in [4.69, 9.17) is 5.11 Å². The van der Waals surface area contributed by atoms with Crippen LogP contribution in [-0.2, 0) is 14.4 Å². The van der Waals surface area contributed by atoms with Gasteiger partial charge in [-0.15, -0.1) is 0 Å². The van der Waals surface area contributed by atoms with Crippen LogP contribution in [0.3, 0.4) is 0 Å². The van der Waals surface area contributed by atoms with Gasteiger partial charge in [-0.1, -0.05) is 22.0 Å². The molecule has 1 heterocycles. The minimum absolute atomic E-state index is 0.0317. The first-order chi connectivity index (χ1) is 11.2. The van der Waals surface area contributed by atoms with E-state index in [2.05, 4.69) is 21.2 Å². The lowest BCUT2D eigenvalue weighted by Gasteiger charge is -2.27. The van der Waals surface area contributed by atoms with E-state index in [9.17, 15) is 14.4 Å². The lowest BCUT2D eigenvalue weighted by atomic mass is 9.96. The first-order valence-electron chi connectivity index (χ1n) is 7.80. The molecule has 1 aromatic rings. The van der Waals surface area contributed by atoms with Crippen molar-refractivity contribution in [2.45, 2.75) is 38.6 Å². The van der Waals surface area contributed by atoms with E-state index < -0.39 is 17.4 Å². The maximum Gasteiger partial charge on any atom is 0.303 e. The van der Waals surface area contributed by atoms with Crippen LogP contribution in [-0.4, -0.2) is 35.0 Å². The molecule has 1 saturated heterocycles. The summed E-state index contributed by atoms with van der Waals surface area (Å²) >= 11 is 3.38. The summed E-state index contributed by atoms with van der Waals surface area (Å²) in [5.41, 5.74) is 0.0914. The lowest BCUT2D eigenvalue weighted by molar-refractivity contribution is -0.138. The van der Waals surface area contributed by atoms with E-state index in [1.807, 2.05) is 24.3 Å². The molecule has 1 fully saturated rings. The van der Waals surface area contributed by atoms with Crippen molar-refractivity contribution in [2.24, 2.45) is 5.92 Å². The molecule has 1 aliphatic heterocycles. The number of benzene rings is 1. The number of aliphatic carboxylic acids is 1. The number of hydrogen-bond acceptors (Lipinski definition) is 3. The van der Waals surface area contributed by atoms with Crippen molar-refractivity contribution < 1.29 is 19.5 Å². The van der Waals surface area contributed by atoms with Gasteiger partial charge in [0.25, 0.3) is 0 Å². The van der Waals surface area contributed by atoms with Crippen LogP contribution in [0, 0.1) is 5.92 Å². The Labute approximate surface area is 149 Å². The van der Waals surface area contributed by atoms with Crippen LogP contribution >= 0.6 is 15.9 Å². The second kappa shape index (κ2) is 7.34. The zero-order chi connectivity index (χ0) is 17.9. The van der Waals surface area contributed by atoms with Crippen LogP contribution in [0.4, 0.5) is 5.69 Å². The van der Waals surface area contributed by atoms with Gasteiger partial charge in [0, 0.05) is 28.7 Å². The zero-order valence-electron chi connectivity index (χ0n) is 13.7. The highest BCUT2D eigenvalue weighted by Gasteiger charge is 2.39. The zero-order valence-corrected chi connectivity index (χ0v) is 15.3. The van der Waals surface area contributed by atoms with Gasteiger partial charge >= 0.3 is 5.97 Å². The van der Waals surface area contributed by atoms with Gasteiger partial charge in [0.05, 0.1) is 0 Å². The highest BCUT2D eigenvalue weighted by Crippen LogP contribution is 2.28. The number of carbonyl (C=O) groups is 3. The number of hydrogen-bond donors (Lipinski definition) is 2. The van der Waals surface area contributed by atoms with Crippen LogP contribution in [0.2, 0.25) is 0 Å². The largest absolute Gasteiger partial charge is 0.481 e. The van der Waals surface area contributed by atoms with Crippen LogP contribution < -0.4 is 10.2 Å². The van der Waals surface area contributed by atoms with Crippen LogP contribution in [0.5, 0.6) is 0 Å². The molecule has 130 valence electrons. The van der Waals surface area contributed by atoms with Crippen LogP contribution in [0.15, 0.2) is 28.7 Å². The molecule has 0 spiro atoms. The molecule has 7 heteroatoms. The normalized spacial score (nSPS) is 17.9. The van der Waals surface area contributed by atoms with E-state index in [0.29, 0.717) is 19.4 Å². The van der Waals surface area contributed by atoms with Crippen LogP contribution in [0.1, 0.15) is 33.1 Å². The van der Waals surface area contributed by atoms with Gasteiger partial charge in [-0.3, -0.25) is 14.4 Å². The molecule has 1 aromatic carbocycles. The Kier molecular flexibility index (Phi) is 5.64. The molecule has 2 rings (SSSR count). The number of halogens is 1. The van der Waals surface area contributed by atoms with Crippen molar-refractivity contribution >= 4 is 39.4 Å². The first kappa shape index (κ1) is 18.4. The summed E-state index contributed by atoms with van der Waals surface area (Å²) in [7, 11) is 0. The average molecular weight is 397 g/mol. The SMILES string of the molecule is CC(C)(CCC(=O)O)NC(=O)C1CCN(c2cccc(Br)c2)C1=O. The van der Waals surface area contributed by atoms with E-state index in [-0.39, 0.29) is 18.2 Å². The number of carboxylic acid groups (broad SMARTS) is 1. The average Bonchev–Trinajstić information content (AvgIpc) is 2.87. The maximum absolute atomic E-state index is 12.6. The fraction of sp³-hybridized carbons (Fsp3) is 0.471. The molecule has 1 atom stereocenters. The van der Waals surface area contributed by atoms with Gasteiger partial charge in [-0.25, -0.2) is 0 Å². The monoisotopic (exact) mass is 396 g/mol. The molecule has 0 saturated carbocycles. The molecule has 6 nitrogen and oxygen atoms in total. The third-order valence-electron chi connectivity index (χ3n) is 4.07. The lowest BCUT2D eigenvalue weighted by Crippen LogP contribution is -2.48. The Bertz CT molecular complexity index is 660. The Morgan fingerprint density at radius 1 is 1.42 bits per heavy atom. The van der Waals surface area contributed by atoms with Gasteiger partial charge in [-0.2, -0.15) is 0 Å². The van der Waals surface area contributed by atoms with E-state index in [0.717, 1.165) is 10.2 Å². The van der Waals surface area contributed by atoms with E-state index >= 15 is 0 Å². The van der Waals surface area contributed by atoms with Gasteiger partial charge < -0.3 is 15.3 Å². The summed E-state index contributed by atoms with van der Waals surface area (Å²) < 4.78 is 0.871. The second-order valence-electron chi connectivity index (χ2n) is 6.58. The van der Waals surface area contributed by atoms with Crippen molar-refractivity contribution in [1.29, 1.82) is 0 Å². The maximum atomic E-state index is 12.6. The predicted octanol–water partition coefficient (Wildman–Crippen LogP) is 2.56. The fourth-order valence-electron chi connectivity index (χ4n) is 2.73. The molecule has 1 unspecified atom stereocenters. The number of nitrogens with one attached hydrogen (secondary N) is 1. The number of amides is 2. The standard InChI is InChI=1S/C17H21BrN2O4/c1-17(2,8-6-14(21)22)19-15(23)13-7-9-20(16(13)24)12-5-3-4-11(18)10-12/h3-5,10,13H,6-9H2,1-2H3,(H,19,23)(H,21,22). The topological polar surface area (TPSA) is 86.7 Å². The Morgan fingerprint density at radius 3 is 2.75 bits per heavy atom. The molecular weight excluding hydrogens is 376 g/mol. The number of nitrogens with zero attached hydrogens (tertiary/aromatic N) is 1. The summed E-state index contributed by atoms with van der Waals surface area (Å²) in [5.74, 6) is -2.20. The summed E-state index contributed by atoms with van der Waals surface area (Å²) in [6.07, 6.45) is 0.729. The molecule has 0 bridgehead atoms. The molecule has 0 radical (unpaired) electrons. The third-order valence-corrected chi connectivity index (χ3v) is 4.56. The predicted molar refractivity (Wildman–Crippen MR) is 93.7 cm³/mol. The summed E-state index contributed by atoms with van der Waals surface area (Å²) in [6.45, 7) is 4.02. The summed E-state index contributed by atoms with van der Waals surface area (Å²) in [5, 5.41) is 11.6. The number of carbonyl (C=O) groups excluding carboxylic acids is 2. The van der Waals surface area contributed by atoms with E-state index in [1.54, 1.807) is 18.7 Å². The first-order valence-corrected chi connectivity index (χ1v) is 8.60. The molecule has 24 heavy (non-hydrogen) atoms. The molecule has 2 N–H and O–H groups in total. The second-order valence-corrected chi connectivity index (χ2v) is 7.49. The summed E-state index contributed by atoms with van der Waals surface area (Å²) in [6, 6.07) is 7.39. The van der Waals surface area contributed by atoms with Crippen molar-refractivity contribution in [2.75, 3.05) is 11.4 Å². The Morgan fingerprint density at radius 2 is 2.12 bits per heavy atom. The number of anilines is 1. The molecule has 0 aliphatic carbocycles. The van der Waals surface area contributed by atoms with Gasteiger partial charge in [0.2, 0.25) is 11.8 Å². The molecule has 1 aliphatic rings. The van der Waals surface area contributed by atoms with Crippen molar-refractivity contribution in [3.05, 3.63) is 28.7 Å². The van der Waals surface area contributed by atoms with E-state index in [1.165, 1.54) is 0 Å². The quantitative estimate of drug-likeness (QED) is 0.723. The summed E-state index contributed by atoms with van der Waals surface area (Å²) in [4.78, 5) is 37.3. The molecule has 0 aromatic heterocycles. The van der Waals surface area contributed by atoms with Gasteiger partial charge in [-0.05, 0) is 44.9 Å². The third kappa shape index (κ3) is 4.56. The van der Waals surface area contributed by atoms with Crippen LogP contribution in [0.25, 0.3) is 0 Å². The smallest absolute Gasteiger partial charge is 0.303 e. The Hall–Kier alpha value is -1.89. The highest BCUT2D eigenvalue weighted by atomic mass is 79.9. The highest BCUT2D eigenvalue weighted by molar-refractivity contribution is 9.10. The number of carboxylic acids is 1. The molecular formula is C17H21BrN2O4. The van der Waals surface area contributed by atoms with Gasteiger partial charge in [0.15, 0.2) is 0 Å². The number of rotatable bonds is 6. The van der Waals surface area contributed by atoms with Crippen molar-refractivity contribution in [1.82, 2.24) is 5.32 Å². The van der Waals surface area contributed by atoms with Crippen molar-refractivity contribution in [3.63, 3.8) is 0 Å². The Balaban J connectivity index is 2.01. The minimum atomic E-state index is -0.907. The minimum Gasteiger partial charge on any atom is -0.481 e. The van der Waals surface area contributed by atoms with Crippen molar-refractivity contribution in [3.8, 4) is 0 Å².